The molecule has 0 amide bonds. The maximum atomic E-state index is 13.9. The van der Waals surface area contributed by atoms with Crippen LogP contribution in [0.25, 0.3) is 0 Å². The molecule has 1 unspecified atom stereocenters. The SMILES string of the molecule is NC1(C(F)c2cccc(F)c2)CCC1. The first-order chi connectivity index (χ1) is 6.62. The van der Waals surface area contributed by atoms with E-state index in [1.54, 1.807) is 6.07 Å². The van der Waals surface area contributed by atoms with E-state index < -0.39 is 17.5 Å². The minimum atomic E-state index is -1.24. The van der Waals surface area contributed by atoms with Gasteiger partial charge in [0.15, 0.2) is 0 Å². The molecule has 1 atom stereocenters. The second-order valence-corrected chi connectivity index (χ2v) is 4.00. The van der Waals surface area contributed by atoms with Gasteiger partial charge >= 0.3 is 0 Å². The Morgan fingerprint density at radius 3 is 2.57 bits per heavy atom. The van der Waals surface area contributed by atoms with E-state index in [-0.39, 0.29) is 0 Å². The van der Waals surface area contributed by atoms with Crippen molar-refractivity contribution in [3.8, 4) is 0 Å². The smallest absolute Gasteiger partial charge is 0.143 e. The average molecular weight is 197 g/mol. The lowest BCUT2D eigenvalue weighted by molar-refractivity contribution is 0.108. The molecule has 1 aliphatic carbocycles. The number of rotatable bonds is 2. The van der Waals surface area contributed by atoms with Gasteiger partial charge in [-0.25, -0.2) is 8.78 Å². The molecule has 0 radical (unpaired) electrons. The Morgan fingerprint density at radius 1 is 1.36 bits per heavy atom. The lowest BCUT2D eigenvalue weighted by atomic mass is 9.72. The van der Waals surface area contributed by atoms with Crippen LogP contribution in [0.3, 0.4) is 0 Å². The summed E-state index contributed by atoms with van der Waals surface area (Å²) < 4.78 is 26.7. The predicted octanol–water partition coefficient (Wildman–Crippen LogP) is 2.72. The van der Waals surface area contributed by atoms with E-state index >= 15 is 0 Å². The Hall–Kier alpha value is -0.960. The number of benzene rings is 1. The van der Waals surface area contributed by atoms with Crippen LogP contribution in [0.15, 0.2) is 24.3 Å². The van der Waals surface area contributed by atoms with Crippen LogP contribution in [0.5, 0.6) is 0 Å². The van der Waals surface area contributed by atoms with Gasteiger partial charge in [0.2, 0.25) is 0 Å². The van der Waals surface area contributed by atoms with Gasteiger partial charge in [-0.3, -0.25) is 0 Å². The van der Waals surface area contributed by atoms with Crippen molar-refractivity contribution >= 4 is 0 Å². The van der Waals surface area contributed by atoms with Gasteiger partial charge in [0, 0.05) is 0 Å². The van der Waals surface area contributed by atoms with Crippen molar-refractivity contribution in [2.75, 3.05) is 0 Å². The van der Waals surface area contributed by atoms with Crippen LogP contribution < -0.4 is 5.73 Å². The van der Waals surface area contributed by atoms with Crippen LogP contribution in [0.4, 0.5) is 8.78 Å². The molecular formula is C11H13F2N. The van der Waals surface area contributed by atoms with E-state index in [9.17, 15) is 8.78 Å². The fraction of sp³-hybridized carbons (Fsp3) is 0.455. The molecule has 1 saturated carbocycles. The van der Waals surface area contributed by atoms with Gasteiger partial charge in [0.1, 0.15) is 12.0 Å². The van der Waals surface area contributed by atoms with E-state index in [1.807, 2.05) is 0 Å². The molecule has 0 aromatic heterocycles. The molecular weight excluding hydrogens is 184 g/mol. The molecule has 1 fully saturated rings. The van der Waals surface area contributed by atoms with Crippen LogP contribution >= 0.6 is 0 Å². The Bertz CT molecular complexity index is 334. The quantitative estimate of drug-likeness (QED) is 0.775. The molecule has 3 heteroatoms. The summed E-state index contributed by atoms with van der Waals surface area (Å²) in [4.78, 5) is 0. The molecule has 0 saturated heterocycles. The Labute approximate surface area is 81.9 Å². The lowest BCUT2D eigenvalue weighted by Crippen LogP contribution is -2.50. The number of hydrogen-bond acceptors (Lipinski definition) is 1. The fourth-order valence-corrected chi connectivity index (χ4v) is 1.83. The van der Waals surface area contributed by atoms with Gasteiger partial charge in [-0.15, -0.1) is 0 Å². The van der Waals surface area contributed by atoms with Crippen molar-refractivity contribution in [1.82, 2.24) is 0 Å². The van der Waals surface area contributed by atoms with Crippen molar-refractivity contribution in [1.29, 1.82) is 0 Å². The molecule has 1 nitrogen and oxygen atoms in total. The molecule has 1 aromatic carbocycles. The Kier molecular flexibility index (Phi) is 2.27. The third-order valence-corrected chi connectivity index (χ3v) is 2.93. The van der Waals surface area contributed by atoms with E-state index in [2.05, 4.69) is 0 Å². The zero-order chi connectivity index (χ0) is 10.2. The summed E-state index contributed by atoms with van der Waals surface area (Å²) in [5.74, 6) is -0.409. The maximum Gasteiger partial charge on any atom is 0.143 e. The molecule has 0 bridgehead atoms. The van der Waals surface area contributed by atoms with Gasteiger partial charge in [-0.05, 0) is 37.0 Å². The normalized spacial score (nSPS) is 21.4. The summed E-state index contributed by atoms with van der Waals surface area (Å²) in [7, 11) is 0. The number of hydrogen-bond donors (Lipinski definition) is 1. The second-order valence-electron chi connectivity index (χ2n) is 4.00. The molecule has 14 heavy (non-hydrogen) atoms. The van der Waals surface area contributed by atoms with Crippen LogP contribution in [-0.4, -0.2) is 5.54 Å². The standard InChI is InChI=1S/C11H13F2N/c12-9-4-1-3-8(7-9)10(13)11(14)5-2-6-11/h1,3-4,7,10H,2,5-6,14H2. The van der Waals surface area contributed by atoms with Gasteiger partial charge in [0.05, 0.1) is 5.54 Å². The number of nitrogens with two attached hydrogens (primary N) is 1. The highest BCUT2D eigenvalue weighted by molar-refractivity contribution is 5.23. The fourth-order valence-electron chi connectivity index (χ4n) is 1.83. The highest BCUT2D eigenvalue weighted by atomic mass is 19.1. The molecule has 2 N–H and O–H groups in total. The predicted molar refractivity (Wildman–Crippen MR) is 51.0 cm³/mol. The van der Waals surface area contributed by atoms with Gasteiger partial charge < -0.3 is 5.73 Å². The number of halogens is 2. The van der Waals surface area contributed by atoms with E-state index in [0.717, 1.165) is 6.42 Å². The zero-order valence-electron chi connectivity index (χ0n) is 7.84. The zero-order valence-corrected chi connectivity index (χ0v) is 7.84. The highest BCUT2D eigenvalue weighted by Crippen LogP contribution is 2.42. The van der Waals surface area contributed by atoms with Gasteiger partial charge in [-0.1, -0.05) is 12.1 Å². The van der Waals surface area contributed by atoms with Crippen LogP contribution in [0.2, 0.25) is 0 Å². The third-order valence-electron chi connectivity index (χ3n) is 2.93. The third kappa shape index (κ3) is 1.52. The Balaban J connectivity index is 2.22. The van der Waals surface area contributed by atoms with E-state index in [1.165, 1.54) is 18.2 Å². The van der Waals surface area contributed by atoms with Crippen molar-refractivity contribution in [3.05, 3.63) is 35.6 Å². The summed E-state index contributed by atoms with van der Waals surface area (Å²) in [5.41, 5.74) is 5.43. The first kappa shape index (κ1) is 9.59. The van der Waals surface area contributed by atoms with Gasteiger partial charge in [-0.2, -0.15) is 0 Å². The molecule has 76 valence electrons. The first-order valence-corrected chi connectivity index (χ1v) is 4.80. The molecule has 1 aliphatic rings. The van der Waals surface area contributed by atoms with Gasteiger partial charge in [0.25, 0.3) is 0 Å². The van der Waals surface area contributed by atoms with Crippen molar-refractivity contribution in [2.24, 2.45) is 5.73 Å². The minimum absolute atomic E-state index is 0.354. The van der Waals surface area contributed by atoms with Crippen molar-refractivity contribution < 1.29 is 8.78 Å². The average Bonchev–Trinajstić information content (AvgIpc) is 2.13. The summed E-state index contributed by atoms with van der Waals surface area (Å²) in [6.45, 7) is 0. The summed E-state index contributed by atoms with van der Waals surface area (Å²) >= 11 is 0. The van der Waals surface area contributed by atoms with Crippen molar-refractivity contribution in [3.63, 3.8) is 0 Å². The molecule has 0 spiro atoms. The summed E-state index contributed by atoms with van der Waals surface area (Å²) in [5, 5.41) is 0. The highest BCUT2D eigenvalue weighted by Gasteiger charge is 2.41. The van der Waals surface area contributed by atoms with Crippen LogP contribution in [0, 0.1) is 5.82 Å². The lowest BCUT2D eigenvalue weighted by Gasteiger charge is -2.40. The second kappa shape index (κ2) is 3.31. The van der Waals surface area contributed by atoms with E-state index in [0.29, 0.717) is 18.4 Å². The minimum Gasteiger partial charge on any atom is -0.322 e. The first-order valence-electron chi connectivity index (χ1n) is 4.80. The largest absolute Gasteiger partial charge is 0.322 e. The topological polar surface area (TPSA) is 26.0 Å². The van der Waals surface area contributed by atoms with Crippen molar-refractivity contribution in [2.45, 2.75) is 31.0 Å². The molecule has 1 aromatic rings. The summed E-state index contributed by atoms with van der Waals surface area (Å²) in [6, 6.07) is 5.62. The maximum absolute atomic E-state index is 13.9. The summed E-state index contributed by atoms with van der Waals surface area (Å²) in [6.07, 6.45) is 1.09. The Morgan fingerprint density at radius 2 is 2.07 bits per heavy atom. The van der Waals surface area contributed by atoms with Crippen LogP contribution in [0.1, 0.15) is 31.0 Å². The monoisotopic (exact) mass is 197 g/mol. The molecule has 0 aliphatic heterocycles. The van der Waals surface area contributed by atoms with Crippen LogP contribution in [-0.2, 0) is 0 Å². The van der Waals surface area contributed by atoms with E-state index in [4.69, 9.17) is 5.73 Å². The number of alkyl halides is 1. The molecule has 0 heterocycles. The molecule has 2 rings (SSSR count).